The Bertz CT molecular complexity index is 1150. The number of aryl methyl sites for hydroxylation is 1. The van der Waals surface area contributed by atoms with Gasteiger partial charge in [0, 0.05) is 65.1 Å². The lowest BCUT2D eigenvalue weighted by atomic mass is 9.89. The molecule has 0 aliphatic carbocycles. The van der Waals surface area contributed by atoms with Crippen molar-refractivity contribution >= 4 is 27.6 Å². The zero-order valence-corrected chi connectivity index (χ0v) is 15.2. The molecule has 0 spiro atoms. The van der Waals surface area contributed by atoms with E-state index in [0.29, 0.717) is 13.2 Å². The molecule has 1 fully saturated rings. The predicted octanol–water partition coefficient (Wildman–Crippen LogP) is 4.63. The molecule has 1 aliphatic rings. The Kier molecular flexibility index (Phi) is 3.83. The van der Waals surface area contributed by atoms with Gasteiger partial charge in [-0.2, -0.15) is 0 Å². The van der Waals surface area contributed by atoms with Crippen LogP contribution >= 0.6 is 0 Å². The van der Waals surface area contributed by atoms with Crippen molar-refractivity contribution in [1.82, 2.24) is 15.0 Å². The second-order valence-corrected chi connectivity index (χ2v) is 7.27. The summed E-state index contributed by atoms with van der Waals surface area (Å²) < 4.78 is 5.41. The predicted molar refractivity (Wildman–Crippen MR) is 106 cm³/mol. The number of nitrogens with zero attached hydrogens (tertiary/aromatic N) is 1. The molecule has 2 N–H and O–H groups in total. The van der Waals surface area contributed by atoms with Gasteiger partial charge >= 0.3 is 0 Å². The van der Waals surface area contributed by atoms with Gasteiger partial charge in [-0.25, -0.2) is 0 Å². The number of hydrogen-bond acceptors (Lipinski definition) is 3. The molecule has 1 saturated heterocycles. The number of hydrogen-bond donors (Lipinski definition) is 2. The van der Waals surface area contributed by atoms with Crippen molar-refractivity contribution in [2.75, 3.05) is 13.2 Å². The van der Waals surface area contributed by atoms with Gasteiger partial charge in [0.2, 0.25) is 0 Å². The maximum Gasteiger partial charge on any atom is 0.168 e. The molecule has 3 aromatic heterocycles. The second-order valence-electron chi connectivity index (χ2n) is 7.27. The molecule has 136 valence electrons. The van der Waals surface area contributed by atoms with Gasteiger partial charge in [0.05, 0.1) is 11.2 Å². The maximum atomic E-state index is 13.1. The molecular formula is C22H21N3O2. The summed E-state index contributed by atoms with van der Waals surface area (Å²) in [6.45, 7) is 3.36. The zero-order valence-electron chi connectivity index (χ0n) is 15.2. The number of carbonyl (C=O) groups excluding carboxylic acids is 1. The van der Waals surface area contributed by atoms with Gasteiger partial charge in [-0.1, -0.05) is 6.07 Å². The minimum atomic E-state index is 0.0279. The summed E-state index contributed by atoms with van der Waals surface area (Å²) in [5.74, 6) is 0.214. The Labute approximate surface area is 156 Å². The Morgan fingerprint density at radius 1 is 1.19 bits per heavy atom. The van der Waals surface area contributed by atoms with E-state index >= 15 is 0 Å². The molecule has 4 heterocycles. The van der Waals surface area contributed by atoms with Crippen LogP contribution in [0.1, 0.15) is 28.8 Å². The number of ether oxygens (including phenoxy) is 1. The average Bonchev–Trinajstić information content (AvgIpc) is 3.34. The number of ketones is 1. The number of aromatic amines is 2. The second kappa shape index (κ2) is 6.35. The highest BCUT2D eigenvalue weighted by Gasteiger charge is 2.26. The van der Waals surface area contributed by atoms with Crippen LogP contribution in [0, 0.1) is 12.8 Å². The quantitative estimate of drug-likeness (QED) is 0.524. The molecule has 5 heteroatoms. The Hall–Kier alpha value is -2.92. The van der Waals surface area contributed by atoms with Crippen LogP contribution in [0.2, 0.25) is 0 Å². The minimum Gasteiger partial charge on any atom is -0.381 e. The number of aromatic nitrogens is 3. The molecule has 5 rings (SSSR count). The average molecular weight is 359 g/mol. The van der Waals surface area contributed by atoms with E-state index in [0.717, 1.165) is 57.0 Å². The van der Waals surface area contributed by atoms with E-state index < -0.39 is 0 Å². The molecule has 27 heavy (non-hydrogen) atoms. The van der Waals surface area contributed by atoms with Gasteiger partial charge in [0.15, 0.2) is 5.78 Å². The first-order valence-corrected chi connectivity index (χ1v) is 9.38. The van der Waals surface area contributed by atoms with E-state index in [9.17, 15) is 4.79 Å². The summed E-state index contributed by atoms with van der Waals surface area (Å²) in [5, 5.41) is 2.14. The molecule has 0 atom stereocenters. The topological polar surface area (TPSA) is 70.8 Å². The van der Waals surface area contributed by atoms with Crippen molar-refractivity contribution in [1.29, 1.82) is 0 Å². The van der Waals surface area contributed by atoms with Crippen molar-refractivity contribution in [3.63, 3.8) is 0 Å². The molecule has 0 amide bonds. The molecule has 0 unspecified atom stereocenters. The van der Waals surface area contributed by atoms with Crippen molar-refractivity contribution in [2.45, 2.75) is 19.8 Å². The molecule has 1 aromatic carbocycles. The Morgan fingerprint density at radius 3 is 2.89 bits per heavy atom. The maximum absolute atomic E-state index is 13.1. The van der Waals surface area contributed by atoms with Crippen LogP contribution in [0.5, 0.6) is 0 Å². The Balaban J connectivity index is 1.64. The third-order valence-electron chi connectivity index (χ3n) is 5.59. The lowest BCUT2D eigenvalue weighted by molar-refractivity contribution is 0.0545. The molecule has 4 aromatic rings. The van der Waals surface area contributed by atoms with Gasteiger partial charge in [-0.15, -0.1) is 0 Å². The van der Waals surface area contributed by atoms with Crippen molar-refractivity contribution in [3.05, 3.63) is 54.0 Å². The van der Waals surface area contributed by atoms with Gasteiger partial charge < -0.3 is 14.7 Å². The number of carbonyl (C=O) groups is 1. The molecular weight excluding hydrogens is 338 g/mol. The summed E-state index contributed by atoms with van der Waals surface area (Å²) in [6.07, 6.45) is 7.24. The number of nitrogens with one attached hydrogen (secondary N) is 2. The van der Waals surface area contributed by atoms with Crippen LogP contribution in [-0.2, 0) is 4.74 Å². The SMILES string of the molecule is Cc1c[nH]c2c(-c3ccc4[nH]ccc4c3)ncc(C(=O)C3CCOCC3)c12. The molecule has 0 saturated carbocycles. The van der Waals surface area contributed by atoms with Crippen LogP contribution in [0.25, 0.3) is 33.1 Å². The smallest absolute Gasteiger partial charge is 0.168 e. The fraction of sp³-hybridized carbons (Fsp3) is 0.273. The van der Waals surface area contributed by atoms with E-state index in [4.69, 9.17) is 9.72 Å². The van der Waals surface area contributed by atoms with Gasteiger partial charge in [-0.3, -0.25) is 9.78 Å². The third-order valence-corrected chi connectivity index (χ3v) is 5.59. The standard InChI is InChI=1S/C22H21N3O2/c1-13-11-24-21-19(13)17(22(26)14-5-8-27-9-6-14)12-25-20(21)16-2-3-18-15(10-16)4-7-23-18/h2-4,7,10-12,14,23-24H,5-6,8-9H2,1H3. The largest absolute Gasteiger partial charge is 0.381 e. The lowest BCUT2D eigenvalue weighted by Gasteiger charge is -2.21. The van der Waals surface area contributed by atoms with Gasteiger partial charge in [0.25, 0.3) is 0 Å². The first-order valence-electron chi connectivity index (χ1n) is 9.38. The number of pyridine rings is 1. The number of rotatable bonds is 3. The van der Waals surface area contributed by atoms with Crippen LogP contribution in [0.3, 0.4) is 0 Å². The Morgan fingerprint density at radius 2 is 2.04 bits per heavy atom. The fourth-order valence-corrected chi connectivity index (χ4v) is 4.10. The molecule has 0 radical (unpaired) electrons. The summed E-state index contributed by atoms with van der Waals surface area (Å²) in [6, 6.07) is 8.31. The monoisotopic (exact) mass is 359 g/mol. The van der Waals surface area contributed by atoms with Gasteiger partial charge in [0.1, 0.15) is 0 Å². The van der Waals surface area contributed by atoms with E-state index in [-0.39, 0.29) is 11.7 Å². The highest BCUT2D eigenvalue weighted by Crippen LogP contribution is 2.33. The van der Waals surface area contributed by atoms with E-state index in [2.05, 4.69) is 34.2 Å². The summed E-state index contributed by atoms with van der Waals surface area (Å²) >= 11 is 0. The van der Waals surface area contributed by atoms with Gasteiger partial charge in [-0.05, 0) is 43.5 Å². The molecule has 0 bridgehead atoms. The van der Waals surface area contributed by atoms with Crippen LogP contribution in [0.4, 0.5) is 0 Å². The third kappa shape index (κ3) is 2.66. The minimum absolute atomic E-state index is 0.0279. The first-order chi connectivity index (χ1) is 13.2. The van der Waals surface area contributed by atoms with E-state index in [1.165, 1.54) is 0 Å². The number of benzene rings is 1. The zero-order chi connectivity index (χ0) is 18.4. The number of fused-ring (bicyclic) bond motifs is 2. The van der Waals surface area contributed by atoms with Crippen LogP contribution in [0.15, 0.2) is 42.9 Å². The van der Waals surface area contributed by atoms with E-state index in [1.807, 2.05) is 19.3 Å². The number of Topliss-reactive ketones (excluding diaryl/α,β-unsaturated/α-hetero) is 1. The summed E-state index contributed by atoms with van der Waals surface area (Å²) in [7, 11) is 0. The lowest BCUT2D eigenvalue weighted by Crippen LogP contribution is -2.23. The van der Waals surface area contributed by atoms with Crippen LogP contribution in [-0.4, -0.2) is 33.9 Å². The normalized spacial score (nSPS) is 15.6. The fourth-order valence-electron chi connectivity index (χ4n) is 4.10. The highest BCUT2D eigenvalue weighted by atomic mass is 16.5. The molecule has 5 nitrogen and oxygen atoms in total. The summed E-state index contributed by atoms with van der Waals surface area (Å²) in [5.41, 5.74) is 5.75. The number of H-pyrrole nitrogens is 2. The highest BCUT2D eigenvalue weighted by molar-refractivity contribution is 6.12. The first kappa shape index (κ1) is 16.3. The van der Waals surface area contributed by atoms with Crippen molar-refractivity contribution in [2.24, 2.45) is 5.92 Å². The summed E-state index contributed by atoms with van der Waals surface area (Å²) in [4.78, 5) is 24.4. The van der Waals surface area contributed by atoms with Crippen molar-refractivity contribution in [3.8, 4) is 11.3 Å². The van der Waals surface area contributed by atoms with E-state index in [1.54, 1.807) is 6.20 Å². The van der Waals surface area contributed by atoms with Crippen LogP contribution < -0.4 is 0 Å². The molecule has 1 aliphatic heterocycles. The van der Waals surface area contributed by atoms with Crippen molar-refractivity contribution < 1.29 is 9.53 Å².